The van der Waals surface area contributed by atoms with Gasteiger partial charge in [-0.25, -0.2) is 0 Å². The van der Waals surface area contributed by atoms with Gasteiger partial charge in [0.15, 0.2) is 0 Å². The first-order valence-electron chi connectivity index (χ1n) is 7.45. The number of rotatable bonds is 3. The summed E-state index contributed by atoms with van der Waals surface area (Å²) in [7, 11) is 0. The van der Waals surface area contributed by atoms with Crippen LogP contribution in [0.25, 0.3) is 11.5 Å². The number of aromatic nitrogens is 2. The summed E-state index contributed by atoms with van der Waals surface area (Å²) in [4.78, 5) is 0. The zero-order chi connectivity index (χ0) is 13.8. The minimum absolute atomic E-state index is 0.400. The number of nitrogens with two attached hydrogens (primary N) is 1. The predicted molar refractivity (Wildman–Crippen MR) is 78.1 cm³/mol. The van der Waals surface area contributed by atoms with Gasteiger partial charge in [0.2, 0.25) is 11.8 Å². The third kappa shape index (κ3) is 2.90. The van der Waals surface area contributed by atoms with E-state index < -0.39 is 0 Å². The van der Waals surface area contributed by atoms with Crippen molar-refractivity contribution in [3.63, 3.8) is 0 Å². The molecule has 0 spiro atoms. The summed E-state index contributed by atoms with van der Waals surface area (Å²) >= 11 is 0. The lowest BCUT2D eigenvalue weighted by Gasteiger charge is -2.10. The van der Waals surface area contributed by atoms with Crippen LogP contribution in [0.15, 0.2) is 34.7 Å². The van der Waals surface area contributed by atoms with Gasteiger partial charge in [-0.2, -0.15) is 0 Å². The molecule has 2 atom stereocenters. The van der Waals surface area contributed by atoms with E-state index in [1.54, 1.807) is 0 Å². The smallest absolute Gasteiger partial charge is 0.247 e. The van der Waals surface area contributed by atoms with E-state index in [9.17, 15) is 0 Å². The van der Waals surface area contributed by atoms with Gasteiger partial charge in [-0.1, -0.05) is 24.6 Å². The van der Waals surface area contributed by atoms with Crippen molar-refractivity contribution in [1.82, 2.24) is 10.2 Å². The summed E-state index contributed by atoms with van der Waals surface area (Å²) in [5.74, 6) is 2.48. The Balaban J connectivity index is 1.73. The lowest BCUT2D eigenvalue weighted by atomic mass is 9.98. The summed E-state index contributed by atoms with van der Waals surface area (Å²) in [6.45, 7) is 0.797. The first-order chi connectivity index (χ1) is 9.86. The fourth-order valence-corrected chi connectivity index (χ4v) is 2.96. The zero-order valence-corrected chi connectivity index (χ0v) is 11.7. The first kappa shape index (κ1) is 13.3. The van der Waals surface area contributed by atoms with E-state index in [4.69, 9.17) is 10.2 Å². The molecule has 0 radical (unpaired) electrons. The molecular weight excluding hydrogens is 250 g/mol. The van der Waals surface area contributed by atoms with Crippen molar-refractivity contribution >= 4 is 0 Å². The van der Waals surface area contributed by atoms with E-state index in [-0.39, 0.29) is 0 Å². The van der Waals surface area contributed by atoms with Gasteiger partial charge in [0.05, 0.1) is 0 Å². The largest absolute Gasteiger partial charge is 0.420 e. The van der Waals surface area contributed by atoms with Crippen molar-refractivity contribution in [2.45, 2.75) is 38.0 Å². The van der Waals surface area contributed by atoms with E-state index in [0.717, 1.165) is 30.8 Å². The molecule has 2 aromatic rings. The van der Waals surface area contributed by atoms with Gasteiger partial charge >= 0.3 is 0 Å². The van der Waals surface area contributed by atoms with Crippen LogP contribution < -0.4 is 5.73 Å². The second-order valence-corrected chi connectivity index (χ2v) is 5.62. The van der Waals surface area contributed by atoms with Crippen LogP contribution in [-0.4, -0.2) is 16.7 Å². The van der Waals surface area contributed by atoms with Gasteiger partial charge in [-0.3, -0.25) is 0 Å². The highest BCUT2D eigenvalue weighted by Crippen LogP contribution is 2.34. The van der Waals surface area contributed by atoms with Crippen LogP contribution in [0.1, 0.15) is 43.9 Å². The molecule has 0 bridgehead atoms. The SMILES string of the molecule is NCC1CCCC(c2nnc(-c3ccccc3)o2)CC1. The quantitative estimate of drug-likeness (QED) is 0.869. The van der Waals surface area contributed by atoms with Gasteiger partial charge in [0, 0.05) is 11.5 Å². The summed E-state index contributed by atoms with van der Waals surface area (Å²) in [5, 5.41) is 8.45. The fourth-order valence-electron chi connectivity index (χ4n) is 2.96. The molecule has 4 heteroatoms. The number of nitrogens with zero attached hydrogens (tertiary/aromatic N) is 2. The average molecular weight is 271 g/mol. The number of hydrogen-bond acceptors (Lipinski definition) is 4. The molecule has 106 valence electrons. The van der Waals surface area contributed by atoms with Gasteiger partial charge in [0.25, 0.3) is 0 Å². The van der Waals surface area contributed by atoms with Crippen LogP contribution >= 0.6 is 0 Å². The molecule has 0 aliphatic heterocycles. The van der Waals surface area contributed by atoms with Crippen molar-refractivity contribution < 1.29 is 4.42 Å². The van der Waals surface area contributed by atoms with Gasteiger partial charge < -0.3 is 10.2 Å². The second-order valence-electron chi connectivity index (χ2n) is 5.62. The van der Waals surface area contributed by atoms with E-state index >= 15 is 0 Å². The first-order valence-corrected chi connectivity index (χ1v) is 7.45. The maximum atomic E-state index is 5.88. The summed E-state index contributed by atoms with van der Waals surface area (Å²) in [6.07, 6.45) is 5.84. The van der Waals surface area contributed by atoms with Crippen LogP contribution in [0.3, 0.4) is 0 Å². The molecular formula is C16H21N3O. The van der Waals surface area contributed by atoms with Crippen molar-refractivity contribution in [2.24, 2.45) is 11.7 Å². The highest BCUT2D eigenvalue weighted by atomic mass is 16.4. The minimum atomic E-state index is 0.400. The van der Waals surface area contributed by atoms with Gasteiger partial charge in [-0.05, 0) is 50.3 Å². The highest BCUT2D eigenvalue weighted by Gasteiger charge is 2.23. The number of hydrogen-bond donors (Lipinski definition) is 1. The van der Waals surface area contributed by atoms with Crippen molar-refractivity contribution in [2.75, 3.05) is 6.54 Å². The minimum Gasteiger partial charge on any atom is -0.420 e. The summed E-state index contributed by atoms with van der Waals surface area (Å²) < 4.78 is 5.88. The lowest BCUT2D eigenvalue weighted by Crippen LogP contribution is -2.13. The third-order valence-electron chi connectivity index (χ3n) is 4.23. The molecule has 3 rings (SSSR count). The number of benzene rings is 1. The fraction of sp³-hybridized carbons (Fsp3) is 0.500. The molecule has 1 aliphatic carbocycles. The molecule has 0 saturated heterocycles. The molecule has 1 aliphatic rings. The normalized spacial score (nSPS) is 23.4. The van der Waals surface area contributed by atoms with E-state index in [0.29, 0.717) is 17.7 Å². The Morgan fingerprint density at radius 1 is 1.05 bits per heavy atom. The Kier molecular flexibility index (Phi) is 4.11. The molecule has 2 unspecified atom stereocenters. The van der Waals surface area contributed by atoms with E-state index in [1.165, 1.54) is 19.3 Å². The maximum Gasteiger partial charge on any atom is 0.247 e. The monoisotopic (exact) mass is 271 g/mol. The zero-order valence-electron chi connectivity index (χ0n) is 11.7. The molecule has 1 aromatic heterocycles. The van der Waals surface area contributed by atoms with Crippen LogP contribution in [0.4, 0.5) is 0 Å². The Morgan fingerprint density at radius 3 is 2.70 bits per heavy atom. The summed E-state index contributed by atoms with van der Waals surface area (Å²) in [6, 6.07) is 9.94. The highest BCUT2D eigenvalue weighted by molar-refractivity contribution is 5.51. The average Bonchev–Trinajstić information content (AvgIpc) is 2.87. The van der Waals surface area contributed by atoms with Gasteiger partial charge in [0.1, 0.15) is 0 Å². The van der Waals surface area contributed by atoms with Crippen LogP contribution in [-0.2, 0) is 0 Å². The third-order valence-corrected chi connectivity index (χ3v) is 4.23. The summed E-state index contributed by atoms with van der Waals surface area (Å²) in [5.41, 5.74) is 6.77. The van der Waals surface area contributed by atoms with Crippen LogP contribution in [0, 0.1) is 5.92 Å². The van der Waals surface area contributed by atoms with E-state index in [2.05, 4.69) is 10.2 Å². The van der Waals surface area contributed by atoms with Crippen LogP contribution in [0.2, 0.25) is 0 Å². The van der Waals surface area contributed by atoms with Crippen molar-refractivity contribution in [3.8, 4) is 11.5 Å². The Bertz CT molecular complexity index is 538. The van der Waals surface area contributed by atoms with Crippen molar-refractivity contribution in [1.29, 1.82) is 0 Å². The Morgan fingerprint density at radius 2 is 1.90 bits per heavy atom. The Labute approximate surface area is 119 Å². The molecule has 0 amide bonds. The molecule has 1 aromatic carbocycles. The van der Waals surface area contributed by atoms with E-state index in [1.807, 2.05) is 30.3 Å². The lowest BCUT2D eigenvalue weighted by molar-refractivity contribution is 0.417. The molecule has 2 N–H and O–H groups in total. The Hall–Kier alpha value is -1.68. The molecule has 1 heterocycles. The van der Waals surface area contributed by atoms with Crippen molar-refractivity contribution in [3.05, 3.63) is 36.2 Å². The van der Waals surface area contributed by atoms with Gasteiger partial charge in [-0.15, -0.1) is 10.2 Å². The molecule has 1 saturated carbocycles. The topological polar surface area (TPSA) is 64.9 Å². The second kappa shape index (κ2) is 6.18. The predicted octanol–water partition coefficient (Wildman–Crippen LogP) is 3.36. The van der Waals surface area contributed by atoms with Crippen LogP contribution in [0.5, 0.6) is 0 Å². The standard InChI is InChI=1S/C16H21N3O/c17-11-12-5-4-8-14(10-9-12)16-19-18-15(20-16)13-6-2-1-3-7-13/h1-3,6-7,12,14H,4-5,8-11,17H2. The molecule has 1 fully saturated rings. The molecule has 20 heavy (non-hydrogen) atoms. The maximum absolute atomic E-state index is 5.88. The molecule has 4 nitrogen and oxygen atoms in total.